The first-order valence-electron chi connectivity index (χ1n) is 5.68. The van der Waals surface area contributed by atoms with E-state index in [0.717, 1.165) is 5.39 Å². The Balaban J connectivity index is 0.00000108. The molecule has 0 aliphatic carbocycles. The van der Waals surface area contributed by atoms with Gasteiger partial charge in [-0.2, -0.15) is 11.8 Å². The summed E-state index contributed by atoms with van der Waals surface area (Å²) in [4.78, 5) is 0. The van der Waals surface area contributed by atoms with Gasteiger partial charge in [0.1, 0.15) is 5.75 Å². The van der Waals surface area contributed by atoms with Crippen LogP contribution in [0.15, 0.2) is 36.4 Å². The van der Waals surface area contributed by atoms with Crippen LogP contribution in [-0.2, 0) is 0 Å². The third-order valence-electron chi connectivity index (χ3n) is 3.21. The number of hydrogen-bond donors (Lipinski definition) is 1. The molecule has 0 spiro atoms. The van der Waals surface area contributed by atoms with Crippen LogP contribution in [-0.4, -0.2) is 10.9 Å². The van der Waals surface area contributed by atoms with Gasteiger partial charge in [0.05, 0.1) is 0 Å². The molecular weight excluding hydrogens is 235 g/mol. The molecule has 3 heteroatoms. The number of fused-ring (bicyclic) bond motifs is 1. The van der Waals surface area contributed by atoms with Crippen molar-refractivity contribution in [2.24, 2.45) is 0 Å². The maximum atomic E-state index is 9.83. The van der Waals surface area contributed by atoms with Gasteiger partial charge in [-0.15, -0.1) is 0 Å². The predicted molar refractivity (Wildman–Crippen MR) is 72.5 cm³/mol. The van der Waals surface area contributed by atoms with E-state index in [0.29, 0.717) is 11.0 Å². The third-order valence-corrected chi connectivity index (χ3v) is 4.63. The molecule has 0 aromatic heterocycles. The van der Waals surface area contributed by atoms with E-state index in [1.807, 2.05) is 36.0 Å². The van der Waals surface area contributed by atoms with Crippen molar-refractivity contribution in [2.45, 2.75) is 18.1 Å². The molecule has 1 saturated heterocycles. The van der Waals surface area contributed by atoms with Crippen LogP contribution >= 0.6 is 11.8 Å². The summed E-state index contributed by atoms with van der Waals surface area (Å²) in [6, 6.07) is 12.0. The monoisotopic (exact) mass is 250 g/mol. The lowest BCUT2D eigenvalue weighted by molar-refractivity contribution is 0.481. The lowest BCUT2D eigenvalue weighted by Crippen LogP contribution is -1.90. The van der Waals surface area contributed by atoms with Gasteiger partial charge in [-0.1, -0.05) is 30.3 Å². The van der Waals surface area contributed by atoms with E-state index in [1.54, 1.807) is 0 Å². The number of aromatic hydroxyl groups is 1. The number of phenolic OH excluding ortho intramolecular Hbond substituents is 1. The van der Waals surface area contributed by atoms with Gasteiger partial charge in [-0.3, -0.25) is 4.70 Å². The smallest absolute Gasteiger partial charge is 0.123 e. The highest BCUT2D eigenvalue weighted by atomic mass is 32.2. The van der Waals surface area contributed by atoms with E-state index in [-0.39, 0.29) is 4.70 Å². The summed E-state index contributed by atoms with van der Waals surface area (Å²) in [5, 5.41) is 12.6. The van der Waals surface area contributed by atoms with Crippen molar-refractivity contribution < 1.29 is 9.81 Å². The molecule has 1 aliphatic rings. The van der Waals surface area contributed by atoms with Gasteiger partial charge in [-0.25, -0.2) is 0 Å². The number of hydrogen-bond acceptors (Lipinski definition) is 2. The normalized spacial score (nSPS) is 19.2. The topological polar surface area (TPSA) is 20.2 Å². The van der Waals surface area contributed by atoms with E-state index in [2.05, 4.69) is 12.1 Å². The molecule has 1 nitrogen and oxygen atoms in total. The van der Waals surface area contributed by atoms with Gasteiger partial charge in [0.25, 0.3) is 0 Å². The zero-order valence-corrected chi connectivity index (χ0v) is 10.2. The van der Waals surface area contributed by atoms with E-state index < -0.39 is 0 Å². The molecule has 0 saturated carbocycles. The van der Waals surface area contributed by atoms with Crippen molar-refractivity contribution in [1.29, 1.82) is 0 Å². The van der Waals surface area contributed by atoms with Crippen molar-refractivity contribution in [3.63, 3.8) is 0 Å². The Hall–Kier alpha value is -1.22. The molecule has 1 aliphatic heterocycles. The molecule has 1 atom stereocenters. The summed E-state index contributed by atoms with van der Waals surface area (Å²) in [5.74, 6) is 1.65. The van der Waals surface area contributed by atoms with Crippen LogP contribution in [0.5, 0.6) is 5.75 Å². The van der Waals surface area contributed by atoms with E-state index >= 15 is 0 Å². The number of benzene rings is 2. The molecule has 90 valence electrons. The highest BCUT2D eigenvalue weighted by Gasteiger charge is 2.20. The number of halogens is 1. The maximum Gasteiger partial charge on any atom is 0.123 e. The zero-order valence-electron chi connectivity index (χ0n) is 9.43. The van der Waals surface area contributed by atoms with Gasteiger partial charge in [0.15, 0.2) is 0 Å². The summed E-state index contributed by atoms with van der Waals surface area (Å²) in [7, 11) is 0. The van der Waals surface area contributed by atoms with Gasteiger partial charge in [0.2, 0.25) is 0 Å². The molecule has 1 unspecified atom stereocenters. The Morgan fingerprint density at radius 3 is 2.53 bits per heavy atom. The van der Waals surface area contributed by atoms with Crippen LogP contribution in [0.2, 0.25) is 0 Å². The van der Waals surface area contributed by atoms with Crippen molar-refractivity contribution in [1.82, 2.24) is 0 Å². The second-order valence-electron chi connectivity index (χ2n) is 4.22. The summed E-state index contributed by atoms with van der Waals surface area (Å²) >= 11 is 2.03. The highest BCUT2D eigenvalue weighted by molar-refractivity contribution is 7.99. The molecule has 1 fully saturated rings. The molecule has 2 aromatic rings. The van der Waals surface area contributed by atoms with Crippen molar-refractivity contribution in [2.75, 3.05) is 5.75 Å². The second-order valence-corrected chi connectivity index (χ2v) is 5.53. The quantitative estimate of drug-likeness (QED) is 0.815. The van der Waals surface area contributed by atoms with Crippen LogP contribution in [0.1, 0.15) is 23.7 Å². The average molecular weight is 250 g/mol. The Kier molecular flexibility index (Phi) is 3.57. The van der Waals surface area contributed by atoms with Crippen LogP contribution in [0.25, 0.3) is 10.8 Å². The van der Waals surface area contributed by atoms with Gasteiger partial charge < -0.3 is 5.11 Å². The molecule has 1 N–H and O–H groups in total. The predicted octanol–water partition coefficient (Wildman–Crippen LogP) is 4.27. The van der Waals surface area contributed by atoms with Crippen molar-refractivity contribution in [3.05, 3.63) is 42.0 Å². The van der Waals surface area contributed by atoms with Crippen molar-refractivity contribution >= 4 is 22.5 Å². The van der Waals surface area contributed by atoms with Gasteiger partial charge >= 0.3 is 0 Å². The fourth-order valence-corrected chi connectivity index (χ4v) is 3.75. The molecule has 0 radical (unpaired) electrons. The van der Waals surface area contributed by atoms with Crippen LogP contribution in [0, 0.1) is 0 Å². The Bertz CT molecular complexity index is 521. The number of rotatable bonds is 1. The minimum absolute atomic E-state index is 0. The van der Waals surface area contributed by atoms with Gasteiger partial charge in [0, 0.05) is 10.6 Å². The summed E-state index contributed by atoms with van der Waals surface area (Å²) in [6.45, 7) is 0. The highest BCUT2D eigenvalue weighted by Crippen LogP contribution is 2.43. The standard InChI is InChI=1S/C14H14OS.FH/c15-13-8-7-12(14-6-3-9-16-14)10-4-1-2-5-11(10)13;/h1-2,4-5,7-8,14-15H,3,6,9H2;1H. The third kappa shape index (κ3) is 2.12. The number of thioether (sulfide) groups is 1. The minimum Gasteiger partial charge on any atom is -0.507 e. The fraction of sp³-hybridized carbons (Fsp3) is 0.286. The first-order valence-corrected chi connectivity index (χ1v) is 6.73. The molecule has 0 amide bonds. The molecule has 1 heterocycles. The maximum absolute atomic E-state index is 9.83. The zero-order chi connectivity index (χ0) is 11.0. The van der Waals surface area contributed by atoms with Crippen LogP contribution in [0.3, 0.4) is 0 Å². The summed E-state index contributed by atoms with van der Waals surface area (Å²) < 4.78 is 0. The Morgan fingerprint density at radius 1 is 1.06 bits per heavy atom. The first kappa shape index (κ1) is 12.2. The Morgan fingerprint density at radius 2 is 1.82 bits per heavy atom. The van der Waals surface area contributed by atoms with E-state index in [4.69, 9.17) is 0 Å². The molecule has 0 bridgehead atoms. The van der Waals surface area contributed by atoms with Crippen LogP contribution in [0.4, 0.5) is 4.70 Å². The summed E-state index contributed by atoms with van der Waals surface area (Å²) in [6.07, 6.45) is 2.57. The largest absolute Gasteiger partial charge is 0.507 e. The Labute approximate surface area is 104 Å². The summed E-state index contributed by atoms with van der Waals surface area (Å²) in [5.41, 5.74) is 1.39. The fourth-order valence-electron chi connectivity index (χ4n) is 2.41. The van der Waals surface area contributed by atoms with E-state index in [9.17, 15) is 5.11 Å². The molecular formula is C14H15FOS. The van der Waals surface area contributed by atoms with Gasteiger partial charge in [-0.05, 0) is 35.6 Å². The van der Waals surface area contributed by atoms with E-state index in [1.165, 1.54) is 29.5 Å². The molecule has 17 heavy (non-hydrogen) atoms. The first-order chi connectivity index (χ1) is 7.86. The minimum atomic E-state index is 0. The van der Waals surface area contributed by atoms with Crippen LogP contribution < -0.4 is 0 Å². The lowest BCUT2D eigenvalue weighted by atomic mass is 9.99. The SMILES string of the molecule is F.Oc1ccc(C2CCCS2)c2ccccc12. The van der Waals surface area contributed by atoms with Crippen molar-refractivity contribution in [3.8, 4) is 5.75 Å². The molecule has 2 aromatic carbocycles. The average Bonchev–Trinajstić information content (AvgIpc) is 2.83. The number of phenols is 1. The lowest BCUT2D eigenvalue weighted by Gasteiger charge is -2.13. The molecule has 3 rings (SSSR count). The second kappa shape index (κ2) is 4.96.